The second-order valence-electron chi connectivity index (χ2n) is 8.46. The largest absolute Gasteiger partial charge is 0.339 e. The molecule has 2 unspecified atom stereocenters. The molecular formula is C21H34Cl2N4O. The molecule has 5 nitrogen and oxygen atoms in total. The summed E-state index contributed by atoms with van der Waals surface area (Å²) in [7, 11) is 4.16. The predicted octanol–water partition coefficient (Wildman–Crippen LogP) is 2.63. The molecule has 3 aliphatic heterocycles. The molecule has 0 aromatic heterocycles. The topological polar surface area (TPSA) is 38.8 Å². The second-order valence-corrected chi connectivity index (χ2v) is 8.46. The van der Waals surface area contributed by atoms with Crippen molar-refractivity contribution in [3.05, 3.63) is 35.4 Å². The van der Waals surface area contributed by atoms with Crippen LogP contribution in [0.1, 0.15) is 41.6 Å². The number of carbonyl (C=O) groups is 1. The molecule has 2 bridgehead atoms. The Morgan fingerprint density at radius 3 is 2.18 bits per heavy atom. The molecule has 1 aromatic carbocycles. The SMILES string of the molecule is CN1CCN(Cc2ccc(C(=O)N(C)C3CC4CCC(C3)N4)cc2)CC1.Cl.Cl. The maximum Gasteiger partial charge on any atom is 0.253 e. The van der Waals surface area contributed by atoms with Gasteiger partial charge >= 0.3 is 0 Å². The highest BCUT2D eigenvalue weighted by molar-refractivity contribution is 5.94. The first kappa shape index (κ1) is 23.4. The van der Waals surface area contributed by atoms with Crippen molar-refractivity contribution < 1.29 is 4.79 Å². The van der Waals surface area contributed by atoms with Crippen molar-refractivity contribution in [1.82, 2.24) is 20.0 Å². The average molecular weight is 429 g/mol. The number of likely N-dealkylation sites (N-methyl/N-ethyl adjacent to an activating group) is 1. The molecule has 28 heavy (non-hydrogen) atoms. The Bertz CT molecular complexity index is 622. The van der Waals surface area contributed by atoms with Gasteiger partial charge < -0.3 is 15.1 Å². The molecule has 3 fully saturated rings. The predicted molar refractivity (Wildman–Crippen MR) is 119 cm³/mol. The highest BCUT2D eigenvalue weighted by Gasteiger charge is 2.36. The zero-order valence-electron chi connectivity index (χ0n) is 17.0. The van der Waals surface area contributed by atoms with Gasteiger partial charge in [0.05, 0.1) is 0 Å². The number of rotatable bonds is 4. The molecule has 0 saturated carbocycles. The minimum Gasteiger partial charge on any atom is -0.339 e. The van der Waals surface area contributed by atoms with Gasteiger partial charge in [-0.25, -0.2) is 0 Å². The number of hydrogen-bond donors (Lipinski definition) is 1. The average Bonchev–Trinajstić information content (AvgIpc) is 3.01. The van der Waals surface area contributed by atoms with Gasteiger partial charge in [0.15, 0.2) is 0 Å². The van der Waals surface area contributed by atoms with Crippen LogP contribution >= 0.6 is 24.8 Å². The summed E-state index contributed by atoms with van der Waals surface area (Å²) >= 11 is 0. The van der Waals surface area contributed by atoms with Crippen molar-refractivity contribution in [2.45, 2.75) is 50.4 Å². The standard InChI is InChI=1S/C21H32N4O.2ClH/c1-23-9-11-25(12-10-23)15-16-3-5-17(6-4-16)21(26)24(2)20-13-18-7-8-19(14-20)22-18;;/h3-6,18-20,22H,7-15H2,1-2H3;2*1H. The van der Waals surface area contributed by atoms with Crippen molar-refractivity contribution in [3.8, 4) is 0 Å². The van der Waals surface area contributed by atoms with E-state index in [1.165, 1.54) is 18.4 Å². The van der Waals surface area contributed by atoms with E-state index in [1.54, 1.807) is 0 Å². The quantitative estimate of drug-likeness (QED) is 0.799. The molecule has 1 amide bonds. The molecule has 3 heterocycles. The van der Waals surface area contributed by atoms with Gasteiger partial charge in [-0.2, -0.15) is 0 Å². The van der Waals surface area contributed by atoms with Gasteiger partial charge in [-0.3, -0.25) is 9.69 Å². The number of benzene rings is 1. The molecule has 158 valence electrons. The highest BCUT2D eigenvalue weighted by Crippen LogP contribution is 2.29. The fraction of sp³-hybridized carbons (Fsp3) is 0.667. The normalized spacial score (nSPS) is 27.6. The molecule has 2 atom stereocenters. The van der Waals surface area contributed by atoms with E-state index in [0.29, 0.717) is 18.1 Å². The minimum absolute atomic E-state index is 0. The van der Waals surface area contributed by atoms with Crippen LogP contribution < -0.4 is 5.32 Å². The van der Waals surface area contributed by atoms with E-state index >= 15 is 0 Å². The lowest BCUT2D eigenvalue weighted by molar-refractivity contribution is 0.0681. The highest BCUT2D eigenvalue weighted by atomic mass is 35.5. The molecule has 3 aliphatic rings. The van der Waals surface area contributed by atoms with E-state index < -0.39 is 0 Å². The van der Waals surface area contributed by atoms with E-state index in [-0.39, 0.29) is 30.7 Å². The van der Waals surface area contributed by atoms with Crippen molar-refractivity contribution in [1.29, 1.82) is 0 Å². The lowest BCUT2D eigenvalue weighted by atomic mass is 9.98. The number of nitrogens with zero attached hydrogens (tertiary/aromatic N) is 3. The van der Waals surface area contributed by atoms with Gasteiger partial charge in [-0.05, 0) is 50.4 Å². The van der Waals surface area contributed by atoms with Crippen LogP contribution in [0.5, 0.6) is 0 Å². The number of amides is 1. The van der Waals surface area contributed by atoms with Crippen LogP contribution in [0, 0.1) is 0 Å². The third-order valence-corrected chi connectivity index (χ3v) is 6.52. The first-order chi connectivity index (χ1) is 12.6. The van der Waals surface area contributed by atoms with Crippen molar-refractivity contribution in [2.75, 3.05) is 40.3 Å². The summed E-state index contributed by atoms with van der Waals surface area (Å²) in [5.41, 5.74) is 2.12. The molecular weight excluding hydrogens is 395 g/mol. The Kier molecular flexibility index (Phi) is 8.59. The Balaban J connectivity index is 0.00000140. The van der Waals surface area contributed by atoms with Crippen LogP contribution in [0.15, 0.2) is 24.3 Å². The maximum absolute atomic E-state index is 12.9. The third-order valence-electron chi connectivity index (χ3n) is 6.52. The molecule has 0 spiro atoms. The Labute approximate surface area is 181 Å². The number of carbonyl (C=O) groups excluding carboxylic acids is 1. The van der Waals surface area contributed by atoms with Crippen LogP contribution in [0.2, 0.25) is 0 Å². The molecule has 1 aromatic rings. The maximum atomic E-state index is 12.9. The zero-order chi connectivity index (χ0) is 18.1. The summed E-state index contributed by atoms with van der Waals surface area (Å²) in [4.78, 5) is 19.8. The molecule has 7 heteroatoms. The van der Waals surface area contributed by atoms with Gasteiger partial charge in [0.2, 0.25) is 0 Å². The first-order valence-electron chi connectivity index (χ1n) is 10.1. The number of halogens is 2. The van der Waals surface area contributed by atoms with Crippen LogP contribution in [0.3, 0.4) is 0 Å². The lowest BCUT2D eigenvalue weighted by Gasteiger charge is -2.35. The van der Waals surface area contributed by atoms with E-state index in [9.17, 15) is 4.79 Å². The van der Waals surface area contributed by atoms with Crippen LogP contribution in [-0.2, 0) is 6.54 Å². The van der Waals surface area contributed by atoms with Gasteiger partial charge in [0.25, 0.3) is 5.91 Å². The van der Waals surface area contributed by atoms with Gasteiger partial charge in [0, 0.05) is 63.5 Å². The first-order valence-corrected chi connectivity index (χ1v) is 10.1. The van der Waals surface area contributed by atoms with Crippen molar-refractivity contribution in [2.24, 2.45) is 0 Å². The van der Waals surface area contributed by atoms with Gasteiger partial charge in [-0.1, -0.05) is 12.1 Å². The lowest BCUT2D eigenvalue weighted by Crippen LogP contribution is -2.48. The molecule has 0 aliphatic carbocycles. The Morgan fingerprint density at radius 1 is 1.04 bits per heavy atom. The monoisotopic (exact) mass is 428 g/mol. The number of piperidine rings is 1. The summed E-state index contributed by atoms with van der Waals surface area (Å²) in [5, 5.41) is 3.66. The smallest absolute Gasteiger partial charge is 0.253 e. The number of hydrogen-bond acceptors (Lipinski definition) is 4. The third kappa shape index (κ3) is 5.39. The van der Waals surface area contributed by atoms with Crippen LogP contribution in [0.25, 0.3) is 0 Å². The Hall–Kier alpha value is -0.850. The number of fused-ring (bicyclic) bond motifs is 2. The number of piperazine rings is 1. The second kappa shape index (κ2) is 10.3. The summed E-state index contributed by atoms with van der Waals surface area (Å²) < 4.78 is 0. The number of nitrogens with one attached hydrogen (secondary N) is 1. The molecule has 0 radical (unpaired) electrons. The minimum atomic E-state index is 0. The summed E-state index contributed by atoms with van der Waals surface area (Å²) in [6.45, 7) is 5.50. The Morgan fingerprint density at radius 2 is 1.61 bits per heavy atom. The van der Waals surface area contributed by atoms with E-state index in [0.717, 1.165) is 51.1 Å². The van der Waals surface area contributed by atoms with E-state index in [2.05, 4.69) is 34.3 Å². The van der Waals surface area contributed by atoms with Gasteiger partial charge in [0.1, 0.15) is 0 Å². The van der Waals surface area contributed by atoms with Crippen LogP contribution in [0.4, 0.5) is 0 Å². The van der Waals surface area contributed by atoms with Crippen LogP contribution in [-0.4, -0.2) is 79.0 Å². The zero-order valence-corrected chi connectivity index (χ0v) is 18.6. The van der Waals surface area contributed by atoms with Crippen molar-refractivity contribution in [3.63, 3.8) is 0 Å². The molecule has 1 N–H and O–H groups in total. The summed E-state index contributed by atoms with van der Waals surface area (Å²) in [6, 6.07) is 9.89. The summed E-state index contributed by atoms with van der Waals surface area (Å²) in [6.07, 6.45) is 4.73. The van der Waals surface area contributed by atoms with Gasteiger partial charge in [-0.15, -0.1) is 24.8 Å². The molecule has 4 rings (SSSR count). The van der Waals surface area contributed by atoms with E-state index in [1.807, 2.05) is 24.1 Å². The fourth-order valence-corrected chi connectivity index (χ4v) is 4.73. The fourth-order valence-electron chi connectivity index (χ4n) is 4.73. The van der Waals surface area contributed by atoms with Crippen molar-refractivity contribution >= 4 is 30.7 Å². The molecule has 3 saturated heterocycles. The van der Waals surface area contributed by atoms with E-state index in [4.69, 9.17) is 0 Å². The summed E-state index contributed by atoms with van der Waals surface area (Å²) in [5.74, 6) is 0.169.